The molecule has 242 valence electrons. The van der Waals surface area contributed by atoms with E-state index in [1.807, 2.05) is 18.2 Å². The largest absolute Gasteiger partial charge is 0.333 e. The standard InChI is InChI=1S/C47H34N4/c1-47(2)39-18-8-3-13-31(39)36-26-45-37(25-40(36)47)35-17-7-12-22-44(35)51(45)46-29(27-48)23-24-30(38(46)28-49)32-14-4-9-19-41(32)50-42-20-10-5-15-33(42)34-16-6-11-21-43(34)50/h3-11,13-21,23-26,33,42H,12,22H2,1-2H3. The SMILES string of the molecule is CC1(C)c2ccccc2-c2cc3c(cc21)c1c(n3-c2c(C#N)ccc(-c3ccccc3N3c4ccccc4C4C=CC=CC43)c2C#N)CCC=C1. The second kappa shape index (κ2) is 10.8. The lowest BCUT2D eigenvalue weighted by Gasteiger charge is -2.31. The topological polar surface area (TPSA) is 55.8 Å². The van der Waals surface area contributed by atoms with Crippen molar-refractivity contribution in [1.82, 2.24) is 4.57 Å². The van der Waals surface area contributed by atoms with E-state index >= 15 is 0 Å². The van der Waals surface area contributed by atoms with Crippen molar-refractivity contribution in [2.75, 3.05) is 4.90 Å². The maximum atomic E-state index is 11.2. The lowest BCUT2D eigenvalue weighted by molar-refractivity contribution is 0.661. The van der Waals surface area contributed by atoms with Gasteiger partial charge in [0.15, 0.2) is 0 Å². The summed E-state index contributed by atoms with van der Waals surface area (Å²) >= 11 is 0. The van der Waals surface area contributed by atoms with Gasteiger partial charge in [-0.2, -0.15) is 10.5 Å². The Hall–Kier alpha value is -6.36. The first-order valence-electron chi connectivity index (χ1n) is 17.8. The molecule has 1 aliphatic heterocycles. The van der Waals surface area contributed by atoms with Gasteiger partial charge in [0.25, 0.3) is 0 Å². The van der Waals surface area contributed by atoms with Gasteiger partial charge in [-0.15, -0.1) is 0 Å². The summed E-state index contributed by atoms with van der Waals surface area (Å²) in [5.41, 5.74) is 15.3. The third-order valence-corrected chi connectivity index (χ3v) is 11.7. The van der Waals surface area contributed by atoms with E-state index in [0.29, 0.717) is 16.8 Å². The molecule has 4 aliphatic rings. The van der Waals surface area contributed by atoms with Crippen molar-refractivity contribution in [3.8, 4) is 40.1 Å². The number of para-hydroxylation sites is 2. The highest BCUT2D eigenvalue weighted by molar-refractivity contribution is 6.00. The maximum Gasteiger partial charge on any atom is 0.102 e. The summed E-state index contributed by atoms with van der Waals surface area (Å²) in [5, 5.41) is 23.0. The van der Waals surface area contributed by atoms with Crippen LogP contribution in [0.25, 0.3) is 44.9 Å². The number of benzene rings is 5. The minimum absolute atomic E-state index is 0.123. The lowest BCUT2D eigenvalue weighted by atomic mass is 9.82. The van der Waals surface area contributed by atoms with Gasteiger partial charge in [0.05, 0.1) is 28.4 Å². The second-order valence-corrected chi connectivity index (χ2v) is 14.6. The van der Waals surface area contributed by atoms with E-state index in [1.54, 1.807) is 0 Å². The molecule has 0 amide bonds. The molecule has 0 saturated carbocycles. The third kappa shape index (κ3) is 3.99. The monoisotopic (exact) mass is 654 g/mol. The average Bonchev–Trinajstić information content (AvgIpc) is 3.76. The molecule has 5 aromatic carbocycles. The highest BCUT2D eigenvalue weighted by Crippen LogP contribution is 2.53. The number of aromatic nitrogens is 1. The fourth-order valence-corrected chi connectivity index (χ4v) is 9.40. The van der Waals surface area contributed by atoms with Crippen LogP contribution in [0.4, 0.5) is 11.4 Å². The highest BCUT2D eigenvalue weighted by Gasteiger charge is 2.39. The van der Waals surface area contributed by atoms with Crippen LogP contribution in [0.2, 0.25) is 0 Å². The summed E-state index contributed by atoms with van der Waals surface area (Å²) in [6.45, 7) is 4.62. The van der Waals surface area contributed by atoms with E-state index in [-0.39, 0.29) is 17.4 Å². The molecule has 4 heteroatoms. The van der Waals surface area contributed by atoms with Gasteiger partial charge in [0.1, 0.15) is 12.1 Å². The van der Waals surface area contributed by atoms with E-state index in [2.05, 4.69) is 151 Å². The van der Waals surface area contributed by atoms with Crippen LogP contribution in [-0.2, 0) is 11.8 Å². The van der Waals surface area contributed by atoms with Crippen molar-refractivity contribution in [2.24, 2.45) is 0 Å². The number of nitriles is 2. The molecule has 2 heterocycles. The Balaban J connectivity index is 1.24. The normalized spacial score (nSPS) is 18.5. The van der Waals surface area contributed by atoms with E-state index in [0.717, 1.165) is 46.3 Å². The van der Waals surface area contributed by atoms with Crippen molar-refractivity contribution in [3.05, 3.63) is 167 Å². The predicted molar refractivity (Wildman–Crippen MR) is 206 cm³/mol. The van der Waals surface area contributed by atoms with Gasteiger partial charge >= 0.3 is 0 Å². The molecule has 51 heavy (non-hydrogen) atoms. The minimum atomic E-state index is -0.136. The summed E-state index contributed by atoms with van der Waals surface area (Å²) in [5.74, 6) is 0.244. The maximum absolute atomic E-state index is 11.2. The number of nitrogens with zero attached hydrogens (tertiary/aromatic N) is 4. The Labute approximate surface area is 298 Å². The number of fused-ring (bicyclic) bond motifs is 9. The van der Waals surface area contributed by atoms with Gasteiger partial charge in [0, 0.05) is 50.5 Å². The molecule has 2 atom stereocenters. The van der Waals surface area contributed by atoms with E-state index < -0.39 is 0 Å². The van der Waals surface area contributed by atoms with Crippen molar-refractivity contribution >= 4 is 28.4 Å². The van der Waals surface area contributed by atoms with Crippen molar-refractivity contribution in [2.45, 2.75) is 44.1 Å². The Morgan fingerprint density at radius 1 is 0.725 bits per heavy atom. The molecule has 10 rings (SSSR count). The summed E-state index contributed by atoms with van der Waals surface area (Å²) in [4.78, 5) is 2.43. The van der Waals surface area contributed by atoms with Gasteiger partial charge in [-0.3, -0.25) is 0 Å². The Bertz CT molecular complexity index is 2670. The average molecular weight is 655 g/mol. The number of hydrogen-bond donors (Lipinski definition) is 0. The highest BCUT2D eigenvalue weighted by atomic mass is 15.2. The van der Waals surface area contributed by atoms with Gasteiger partial charge in [-0.05, 0) is 71.0 Å². The van der Waals surface area contributed by atoms with Crippen molar-refractivity contribution < 1.29 is 0 Å². The van der Waals surface area contributed by atoms with Crippen LogP contribution in [0.1, 0.15) is 65.3 Å². The molecular weight excluding hydrogens is 621 g/mol. The summed E-state index contributed by atoms with van der Waals surface area (Å²) in [6.07, 6.45) is 15.1. The van der Waals surface area contributed by atoms with Crippen molar-refractivity contribution in [3.63, 3.8) is 0 Å². The molecule has 0 bridgehead atoms. The molecule has 0 radical (unpaired) electrons. The molecule has 0 saturated heterocycles. The van der Waals surface area contributed by atoms with Crippen LogP contribution in [0.15, 0.2) is 127 Å². The van der Waals surface area contributed by atoms with Gasteiger partial charge < -0.3 is 9.47 Å². The number of hydrogen-bond acceptors (Lipinski definition) is 3. The van der Waals surface area contributed by atoms with Crippen LogP contribution in [0.5, 0.6) is 0 Å². The fourth-order valence-electron chi connectivity index (χ4n) is 9.40. The first kappa shape index (κ1) is 29.5. The lowest BCUT2D eigenvalue weighted by Crippen LogP contribution is -2.29. The first-order chi connectivity index (χ1) is 25.0. The van der Waals surface area contributed by atoms with Crippen molar-refractivity contribution in [1.29, 1.82) is 10.5 Å². The molecule has 6 aromatic rings. The van der Waals surface area contributed by atoms with E-state index in [4.69, 9.17) is 0 Å². The first-order valence-corrected chi connectivity index (χ1v) is 17.8. The zero-order valence-corrected chi connectivity index (χ0v) is 28.6. The predicted octanol–water partition coefficient (Wildman–Crippen LogP) is 11.0. The Morgan fingerprint density at radius 2 is 1.49 bits per heavy atom. The van der Waals surface area contributed by atoms with Crippen LogP contribution in [0.3, 0.4) is 0 Å². The molecule has 2 unspecified atom stereocenters. The summed E-state index contributed by atoms with van der Waals surface area (Å²) in [7, 11) is 0. The molecule has 4 nitrogen and oxygen atoms in total. The summed E-state index contributed by atoms with van der Waals surface area (Å²) in [6, 6.07) is 39.6. The minimum Gasteiger partial charge on any atom is -0.333 e. The van der Waals surface area contributed by atoms with Gasteiger partial charge in [-0.25, -0.2) is 0 Å². The quantitative estimate of drug-likeness (QED) is 0.191. The fraction of sp³-hybridized carbons (Fsp3) is 0.149. The van der Waals surface area contributed by atoms with Crippen LogP contribution >= 0.6 is 0 Å². The molecular formula is C47H34N4. The third-order valence-electron chi connectivity index (χ3n) is 11.7. The smallest absolute Gasteiger partial charge is 0.102 e. The number of rotatable bonds is 3. The van der Waals surface area contributed by atoms with Gasteiger partial charge in [0.2, 0.25) is 0 Å². The van der Waals surface area contributed by atoms with E-state index in [9.17, 15) is 10.5 Å². The summed E-state index contributed by atoms with van der Waals surface area (Å²) < 4.78 is 2.25. The number of anilines is 2. The van der Waals surface area contributed by atoms with Crippen LogP contribution in [-0.4, -0.2) is 10.6 Å². The zero-order chi connectivity index (χ0) is 34.4. The Morgan fingerprint density at radius 3 is 2.33 bits per heavy atom. The number of allylic oxidation sites excluding steroid dienone is 3. The molecule has 1 aromatic heterocycles. The molecule has 0 N–H and O–H groups in total. The molecule has 3 aliphatic carbocycles. The van der Waals surface area contributed by atoms with Gasteiger partial charge in [-0.1, -0.05) is 117 Å². The van der Waals surface area contributed by atoms with E-state index in [1.165, 1.54) is 39.1 Å². The Kier molecular flexibility index (Phi) is 6.27. The van der Waals surface area contributed by atoms with Crippen LogP contribution in [0, 0.1) is 22.7 Å². The zero-order valence-electron chi connectivity index (χ0n) is 28.6. The second-order valence-electron chi connectivity index (χ2n) is 14.6. The van der Waals surface area contributed by atoms with Crippen LogP contribution < -0.4 is 4.90 Å². The molecule has 0 fully saturated rings. The molecule has 0 spiro atoms.